The molecule has 0 spiro atoms. The van der Waals surface area contributed by atoms with E-state index in [2.05, 4.69) is 74.4 Å². The summed E-state index contributed by atoms with van der Waals surface area (Å²) >= 11 is 13.4. The van der Waals surface area contributed by atoms with Crippen LogP contribution >= 0.6 is 63.7 Å². The number of Topliss-reactive ketones (excluding diaryl/α,β-unsaturated/α-hetero) is 1. The van der Waals surface area contributed by atoms with Crippen LogP contribution in [0.1, 0.15) is 45.7 Å². The predicted molar refractivity (Wildman–Crippen MR) is 246 cm³/mol. The second kappa shape index (κ2) is 26.2. The second-order valence-corrected chi connectivity index (χ2v) is 16.8. The van der Waals surface area contributed by atoms with E-state index in [9.17, 15) is 29.1 Å². The summed E-state index contributed by atoms with van der Waals surface area (Å²) in [6.07, 6.45) is -0.0704. The molecule has 62 heavy (non-hydrogen) atoms. The minimum atomic E-state index is -1.08. The fraction of sp³-hybridized carbons (Fsp3) is 0.341. The monoisotopic (exact) mass is 1110 g/mol. The predicted octanol–water partition coefficient (Wildman–Crippen LogP) is 7.69. The Morgan fingerprint density at radius 3 is 1.37 bits per heavy atom. The number of rotatable bonds is 20. The second-order valence-electron chi connectivity index (χ2n) is 13.4. The highest BCUT2D eigenvalue weighted by Gasteiger charge is 2.27. The van der Waals surface area contributed by atoms with Crippen LogP contribution in [0.15, 0.2) is 90.7 Å². The molecule has 0 bridgehead atoms. The topological polar surface area (TPSA) is 185 Å². The number of nitrogens with one attached hydrogen (secondary N) is 2. The summed E-state index contributed by atoms with van der Waals surface area (Å²) in [6.45, 7) is 2.82. The molecule has 3 atom stereocenters. The summed E-state index contributed by atoms with van der Waals surface area (Å²) in [4.78, 5) is 61.5. The van der Waals surface area contributed by atoms with Crippen LogP contribution in [0.3, 0.4) is 0 Å². The van der Waals surface area contributed by atoms with Gasteiger partial charge in [0, 0.05) is 54.9 Å². The van der Waals surface area contributed by atoms with Gasteiger partial charge in [0.25, 0.3) is 11.8 Å². The van der Waals surface area contributed by atoms with Crippen LogP contribution in [0, 0.1) is 11.8 Å². The number of methoxy groups -OCH3 is 4. The summed E-state index contributed by atoms with van der Waals surface area (Å²) in [5, 5.41) is 15.3. The van der Waals surface area contributed by atoms with Crippen molar-refractivity contribution in [1.82, 2.24) is 10.6 Å². The fourth-order valence-corrected chi connectivity index (χ4v) is 6.79. The molecule has 0 aliphatic heterocycles. The smallest absolute Gasteiger partial charge is 0.318 e. The van der Waals surface area contributed by atoms with Crippen LogP contribution in [-0.2, 0) is 36.7 Å². The van der Waals surface area contributed by atoms with Gasteiger partial charge in [-0.25, -0.2) is 0 Å². The SMILES string of the molecule is COc1ccc(CCOC(=O)C(CNC(=O)c2ccc(Br)c(Br)c2)C(C)=O)cc1OC.COc1ccc(CCOC(=O)[C@@H](CNC(=O)c2ccc(Br)c(Br)c2)[C@@H](C)O)cc1OC. The lowest BCUT2D eigenvalue weighted by molar-refractivity contribution is -0.152. The average Bonchev–Trinajstić information content (AvgIpc) is 3.25. The number of ether oxygens (including phenoxy) is 6. The van der Waals surface area contributed by atoms with Gasteiger partial charge in [-0.1, -0.05) is 12.1 Å². The summed E-state index contributed by atoms with van der Waals surface area (Å²) < 4.78 is 34.6. The number of ketones is 1. The molecule has 2 amide bonds. The van der Waals surface area contributed by atoms with Crippen LogP contribution in [0.5, 0.6) is 23.0 Å². The molecule has 0 heterocycles. The van der Waals surface area contributed by atoms with Crippen molar-refractivity contribution in [2.24, 2.45) is 11.8 Å². The first-order valence-corrected chi connectivity index (χ1v) is 22.1. The van der Waals surface area contributed by atoms with Crippen molar-refractivity contribution in [3.05, 3.63) is 113 Å². The molecule has 0 saturated heterocycles. The lowest BCUT2D eigenvalue weighted by Gasteiger charge is -2.19. The number of aliphatic hydroxyl groups excluding tert-OH is 1. The van der Waals surface area contributed by atoms with E-state index in [0.717, 1.165) is 29.0 Å². The minimum absolute atomic E-state index is 0.0423. The van der Waals surface area contributed by atoms with Gasteiger partial charge in [-0.3, -0.25) is 24.0 Å². The van der Waals surface area contributed by atoms with Crippen molar-refractivity contribution >= 4 is 93.3 Å². The summed E-state index contributed by atoms with van der Waals surface area (Å²) in [6, 6.07) is 20.9. The van der Waals surface area contributed by atoms with E-state index >= 15 is 0 Å². The van der Waals surface area contributed by atoms with E-state index in [1.54, 1.807) is 83.0 Å². The molecule has 3 N–H and O–H groups in total. The molecule has 0 radical (unpaired) electrons. The minimum Gasteiger partial charge on any atom is -0.493 e. The number of amides is 2. The van der Waals surface area contributed by atoms with E-state index in [1.807, 2.05) is 18.2 Å². The number of hydrogen-bond acceptors (Lipinski definition) is 12. The maximum Gasteiger partial charge on any atom is 0.318 e. The zero-order valence-electron chi connectivity index (χ0n) is 34.9. The van der Waals surface area contributed by atoms with Crippen molar-refractivity contribution < 1.29 is 57.5 Å². The van der Waals surface area contributed by atoms with Gasteiger partial charge < -0.3 is 44.2 Å². The summed E-state index contributed by atoms with van der Waals surface area (Å²) in [7, 11) is 6.20. The first kappa shape index (κ1) is 51.9. The van der Waals surface area contributed by atoms with Crippen molar-refractivity contribution in [2.75, 3.05) is 54.7 Å². The van der Waals surface area contributed by atoms with Gasteiger partial charge in [0.1, 0.15) is 11.7 Å². The van der Waals surface area contributed by atoms with Crippen molar-refractivity contribution in [3.63, 3.8) is 0 Å². The average molecular weight is 1120 g/mol. The molecule has 14 nitrogen and oxygen atoms in total. The number of halogens is 4. The number of carbonyl (C=O) groups is 5. The van der Waals surface area contributed by atoms with E-state index < -0.39 is 35.8 Å². The summed E-state index contributed by atoms with van der Waals surface area (Å²) in [5.41, 5.74) is 2.63. The maximum atomic E-state index is 12.5. The number of benzene rings is 4. The van der Waals surface area contributed by atoms with Crippen molar-refractivity contribution in [3.8, 4) is 23.0 Å². The number of carbonyl (C=O) groups excluding carboxylic acids is 5. The quantitative estimate of drug-likeness (QED) is 0.0580. The molecule has 0 aliphatic carbocycles. The Balaban J connectivity index is 0.000000330. The molecule has 18 heteroatoms. The van der Waals surface area contributed by atoms with Gasteiger partial charge >= 0.3 is 11.9 Å². The standard InChI is InChI=1S/C22H25Br2NO6.C22H23Br2NO6/c2*1-13(26)16(12-25-21(27)15-5-6-17(23)18(24)11-15)22(28)31-9-8-14-4-7-19(29-2)20(10-14)30-3/h4-7,10-11,13,16,26H,8-9,12H2,1-3H3,(H,25,27);4-7,10-11,16H,8-9,12H2,1-3H3,(H,25,27)/t13-,16+;/m1./s1. The Morgan fingerprint density at radius 1 is 0.565 bits per heavy atom. The molecule has 334 valence electrons. The van der Waals surface area contributed by atoms with Crippen LogP contribution in [-0.4, -0.2) is 95.5 Å². The largest absolute Gasteiger partial charge is 0.493 e. The highest BCUT2D eigenvalue weighted by molar-refractivity contribution is 9.13. The Labute approximate surface area is 394 Å². The van der Waals surface area contributed by atoms with Crippen LogP contribution in [0.2, 0.25) is 0 Å². The van der Waals surface area contributed by atoms with Gasteiger partial charge in [-0.2, -0.15) is 0 Å². The number of aliphatic hydroxyl groups is 1. The Bertz CT molecular complexity index is 2190. The molecule has 4 aromatic carbocycles. The molecule has 0 aliphatic rings. The number of esters is 2. The highest BCUT2D eigenvalue weighted by atomic mass is 79.9. The number of hydrogen-bond donors (Lipinski definition) is 3. The first-order chi connectivity index (χ1) is 29.5. The zero-order valence-corrected chi connectivity index (χ0v) is 41.2. The Morgan fingerprint density at radius 2 is 0.984 bits per heavy atom. The lowest BCUT2D eigenvalue weighted by Crippen LogP contribution is -2.39. The zero-order chi connectivity index (χ0) is 45.9. The lowest BCUT2D eigenvalue weighted by atomic mass is 10.0. The third kappa shape index (κ3) is 16.0. The molecular formula is C44H48Br4N2O12. The molecular weight excluding hydrogens is 1070 g/mol. The van der Waals surface area contributed by atoms with E-state index in [4.69, 9.17) is 28.4 Å². The van der Waals surface area contributed by atoms with Gasteiger partial charge in [0.2, 0.25) is 0 Å². The van der Waals surface area contributed by atoms with E-state index in [0.29, 0.717) is 47.0 Å². The third-order valence-electron chi connectivity index (χ3n) is 9.14. The van der Waals surface area contributed by atoms with Gasteiger partial charge in [0.15, 0.2) is 23.0 Å². The van der Waals surface area contributed by atoms with Crippen LogP contribution < -0.4 is 29.6 Å². The highest BCUT2D eigenvalue weighted by Crippen LogP contribution is 2.29. The maximum absolute atomic E-state index is 12.5. The van der Waals surface area contributed by atoms with Gasteiger partial charge in [0.05, 0.1) is 53.7 Å². The molecule has 0 fully saturated rings. The van der Waals surface area contributed by atoms with Crippen LogP contribution in [0.4, 0.5) is 0 Å². The molecule has 0 aromatic heterocycles. The molecule has 1 unspecified atom stereocenters. The third-order valence-corrected chi connectivity index (χ3v) is 12.9. The first-order valence-electron chi connectivity index (χ1n) is 18.9. The van der Waals surface area contributed by atoms with Crippen molar-refractivity contribution in [2.45, 2.75) is 32.8 Å². The Hall–Kier alpha value is -4.49. The van der Waals surface area contributed by atoms with E-state index in [1.165, 1.54) is 13.8 Å². The van der Waals surface area contributed by atoms with E-state index in [-0.39, 0.29) is 38.0 Å². The normalized spacial score (nSPS) is 12.0. The molecule has 0 saturated carbocycles. The Kier molecular flexibility index (Phi) is 21.9. The fourth-order valence-electron chi connectivity index (χ4n) is 5.54. The summed E-state index contributed by atoms with van der Waals surface area (Å²) in [5.74, 6) is -1.94. The molecule has 4 rings (SSSR count). The van der Waals surface area contributed by atoms with Gasteiger partial charge in [-0.05, 0) is 149 Å². The van der Waals surface area contributed by atoms with Crippen molar-refractivity contribution in [1.29, 1.82) is 0 Å². The van der Waals surface area contributed by atoms with Crippen LogP contribution in [0.25, 0.3) is 0 Å². The molecule has 4 aromatic rings. The van der Waals surface area contributed by atoms with Gasteiger partial charge in [-0.15, -0.1) is 0 Å².